The van der Waals surface area contributed by atoms with Gasteiger partial charge in [0.1, 0.15) is 17.4 Å². The highest BCUT2D eigenvalue weighted by Gasteiger charge is 2.17. The fourth-order valence-corrected chi connectivity index (χ4v) is 2.98. The highest BCUT2D eigenvalue weighted by Crippen LogP contribution is 2.18. The van der Waals surface area contributed by atoms with Gasteiger partial charge in [0, 0.05) is 30.6 Å². The fourth-order valence-electron chi connectivity index (χ4n) is 2.98. The Hall–Kier alpha value is -3.90. The van der Waals surface area contributed by atoms with E-state index >= 15 is 0 Å². The molecule has 0 saturated carbocycles. The number of aromatic nitrogens is 1. The molecule has 0 unspecified atom stereocenters. The van der Waals surface area contributed by atoms with E-state index in [2.05, 4.69) is 5.32 Å². The molecular weight excluding hydrogens is 414 g/mol. The second-order valence-corrected chi connectivity index (χ2v) is 6.82. The largest absolute Gasteiger partial charge is 0.497 e. The van der Waals surface area contributed by atoms with Gasteiger partial charge in [-0.2, -0.15) is 5.26 Å². The van der Waals surface area contributed by atoms with Gasteiger partial charge in [0.25, 0.3) is 11.8 Å². The number of aryl methyl sites for hydroxylation is 1. The second-order valence-electron chi connectivity index (χ2n) is 6.82. The number of carbonyl (C=O) groups is 3. The molecule has 0 aliphatic rings. The maximum Gasteiger partial charge on any atom is 0.349 e. The van der Waals surface area contributed by atoms with E-state index in [4.69, 9.17) is 14.2 Å². The van der Waals surface area contributed by atoms with Gasteiger partial charge in [0.15, 0.2) is 6.61 Å². The van der Waals surface area contributed by atoms with E-state index < -0.39 is 24.4 Å². The molecule has 0 saturated heterocycles. The molecule has 0 aliphatic heterocycles. The molecule has 1 N–H and O–H groups in total. The number of hydrogen-bond donors (Lipinski definition) is 1. The summed E-state index contributed by atoms with van der Waals surface area (Å²) in [6, 6.07) is 9.78. The average molecular weight is 439 g/mol. The van der Waals surface area contributed by atoms with Crippen molar-refractivity contribution in [3.8, 4) is 11.8 Å². The number of esters is 1. The fraction of sp³-hybridized carbons (Fsp3) is 0.304. The maximum atomic E-state index is 12.3. The van der Waals surface area contributed by atoms with E-state index in [0.717, 1.165) is 11.4 Å². The molecule has 32 heavy (non-hydrogen) atoms. The lowest BCUT2D eigenvalue weighted by molar-refractivity contribution is -0.144. The van der Waals surface area contributed by atoms with Crippen LogP contribution in [-0.4, -0.2) is 49.8 Å². The van der Waals surface area contributed by atoms with Crippen molar-refractivity contribution in [2.75, 3.05) is 27.4 Å². The number of methoxy groups -OCH3 is 2. The molecule has 2 amide bonds. The SMILES string of the molecule is COCCn1c(C)cc(/C=C(\C#N)C(=O)OCC(=O)NC(=O)c2ccc(OC)cc2)c1C. The minimum atomic E-state index is -0.957. The van der Waals surface area contributed by atoms with Gasteiger partial charge in [-0.25, -0.2) is 4.79 Å². The summed E-state index contributed by atoms with van der Waals surface area (Å²) in [5.74, 6) is -1.85. The second kappa shape index (κ2) is 11.5. The predicted molar refractivity (Wildman–Crippen MR) is 116 cm³/mol. The van der Waals surface area contributed by atoms with Crippen LogP contribution in [0.25, 0.3) is 6.08 Å². The number of hydrogen-bond acceptors (Lipinski definition) is 7. The standard InChI is InChI=1S/C23H25N3O6/c1-15-11-18(16(2)26(15)9-10-30-3)12-19(13-24)23(29)32-14-21(27)25-22(28)17-5-7-20(31-4)8-6-17/h5-8,11-12H,9-10,14H2,1-4H3,(H,25,27,28)/b19-12+. The molecule has 1 heterocycles. The summed E-state index contributed by atoms with van der Waals surface area (Å²) in [5, 5.41) is 11.5. The van der Waals surface area contributed by atoms with Crippen LogP contribution < -0.4 is 10.1 Å². The summed E-state index contributed by atoms with van der Waals surface area (Å²) >= 11 is 0. The summed E-state index contributed by atoms with van der Waals surface area (Å²) in [4.78, 5) is 36.3. The third-order valence-electron chi connectivity index (χ3n) is 4.71. The Bertz CT molecular complexity index is 1060. The molecule has 1 aromatic carbocycles. The van der Waals surface area contributed by atoms with Crippen LogP contribution in [0.2, 0.25) is 0 Å². The summed E-state index contributed by atoms with van der Waals surface area (Å²) in [6.07, 6.45) is 1.41. The van der Waals surface area contributed by atoms with E-state index in [1.54, 1.807) is 25.3 Å². The minimum absolute atomic E-state index is 0.243. The van der Waals surface area contributed by atoms with Crippen LogP contribution in [0.3, 0.4) is 0 Å². The van der Waals surface area contributed by atoms with E-state index in [1.807, 2.05) is 24.5 Å². The van der Waals surface area contributed by atoms with Crippen molar-refractivity contribution in [1.82, 2.24) is 9.88 Å². The van der Waals surface area contributed by atoms with Gasteiger partial charge in [0.05, 0.1) is 13.7 Å². The summed E-state index contributed by atoms with van der Waals surface area (Å²) in [6.45, 7) is 4.24. The monoisotopic (exact) mass is 439 g/mol. The number of carbonyl (C=O) groups excluding carboxylic acids is 3. The van der Waals surface area contributed by atoms with Crippen LogP contribution in [0.1, 0.15) is 27.3 Å². The van der Waals surface area contributed by atoms with Gasteiger partial charge in [-0.15, -0.1) is 0 Å². The van der Waals surface area contributed by atoms with Crippen LogP contribution in [0.4, 0.5) is 0 Å². The van der Waals surface area contributed by atoms with Gasteiger partial charge in [0.2, 0.25) is 0 Å². The first-order valence-corrected chi connectivity index (χ1v) is 9.73. The Balaban J connectivity index is 1.99. The van der Waals surface area contributed by atoms with Gasteiger partial charge in [-0.3, -0.25) is 14.9 Å². The quantitative estimate of drug-likeness (QED) is 0.361. The molecule has 9 heteroatoms. The number of amides is 2. The van der Waals surface area contributed by atoms with E-state index in [0.29, 0.717) is 24.5 Å². The molecule has 0 atom stereocenters. The van der Waals surface area contributed by atoms with E-state index in [-0.39, 0.29) is 11.1 Å². The lowest BCUT2D eigenvalue weighted by Crippen LogP contribution is -2.34. The number of nitriles is 1. The highest BCUT2D eigenvalue weighted by molar-refractivity contribution is 6.06. The highest BCUT2D eigenvalue weighted by atomic mass is 16.5. The summed E-state index contributed by atoms with van der Waals surface area (Å²) in [5.41, 5.74) is 2.49. The zero-order valence-corrected chi connectivity index (χ0v) is 18.4. The van der Waals surface area contributed by atoms with Crippen molar-refractivity contribution in [3.05, 3.63) is 58.4 Å². The average Bonchev–Trinajstić information content (AvgIpc) is 3.06. The van der Waals surface area contributed by atoms with Crippen LogP contribution in [0.15, 0.2) is 35.9 Å². The zero-order chi connectivity index (χ0) is 23.7. The van der Waals surface area contributed by atoms with Crippen molar-refractivity contribution in [2.45, 2.75) is 20.4 Å². The molecule has 0 aliphatic carbocycles. The third-order valence-corrected chi connectivity index (χ3v) is 4.71. The van der Waals surface area contributed by atoms with E-state index in [9.17, 15) is 19.6 Å². The first-order valence-electron chi connectivity index (χ1n) is 9.73. The van der Waals surface area contributed by atoms with Crippen molar-refractivity contribution >= 4 is 23.9 Å². The minimum Gasteiger partial charge on any atom is -0.497 e. The Morgan fingerprint density at radius 3 is 2.44 bits per heavy atom. The van der Waals surface area contributed by atoms with Crippen molar-refractivity contribution in [2.24, 2.45) is 0 Å². The van der Waals surface area contributed by atoms with Gasteiger partial charge >= 0.3 is 5.97 Å². The number of rotatable bonds is 9. The predicted octanol–water partition coefficient (Wildman–Crippen LogP) is 2.17. The Morgan fingerprint density at radius 1 is 1.16 bits per heavy atom. The number of nitrogens with one attached hydrogen (secondary N) is 1. The first-order chi connectivity index (χ1) is 15.3. The topological polar surface area (TPSA) is 120 Å². The van der Waals surface area contributed by atoms with Crippen LogP contribution in [0.5, 0.6) is 5.75 Å². The van der Waals surface area contributed by atoms with Crippen molar-refractivity contribution < 1.29 is 28.6 Å². The van der Waals surface area contributed by atoms with Gasteiger partial charge in [-0.1, -0.05) is 0 Å². The van der Waals surface area contributed by atoms with E-state index in [1.165, 1.54) is 25.3 Å². The van der Waals surface area contributed by atoms with Crippen molar-refractivity contribution in [3.63, 3.8) is 0 Å². The molecule has 2 rings (SSSR count). The molecule has 0 fully saturated rings. The molecular formula is C23H25N3O6. The van der Waals surface area contributed by atoms with Crippen LogP contribution in [-0.2, 0) is 25.6 Å². The normalized spacial score (nSPS) is 10.9. The Kier molecular flexibility index (Phi) is 8.74. The summed E-state index contributed by atoms with van der Waals surface area (Å²) in [7, 11) is 3.11. The molecule has 0 bridgehead atoms. The lowest BCUT2D eigenvalue weighted by atomic mass is 10.1. The van der Waals surface area contributed by atoms with Crippen LogP contribution >= 0.6 is 0 Å². The Labute approximate surface area is 186 Å². The van der Waals surface area contributed by atoms with Crippen molar-refractivity contribution in [1.29, 1.82) is 5.26 Å². The first kappa shape index (κ1) is 24.4. The van der Waals surface area contributed by atoms with Crippen LogP contribution in [0, 0.1) is 25.2 Å². The molecule has 0 radical (unpaired) electrons. The molecule has 1 aromatic heterocycles. The van der Waals surface area contributed by atoms with Gasteiger partial charge < -0.3 is 18.8 Å². The number of benzene rings is 1. The number of imide groups is 1. The Morgan fingerprint density at radius 2 is 1.84 bits per heavy atom. The summed E-state index contributed by atoms with van der Waals surface area (Å²) < 4.78 is 17.0. The molecule has 2 aromatic rings. The van der Waals surface area contributed by atoms with Gasteiger partial charge in [-0.05, 0) is 55.8 Å². The third kappa shape index (κ3) is 6.30. The zero-order valence-electron chi connectivity index (χ0n) is 18.4. The molecule has 168 valence electrons. The lowest BCUT2D eigenvalue weighted by Gasteiger charge is -2.08. The number of nitrogens with zero attached hydrogens (tertiary/aromatic N) is 2. The smallest absolute Gasteiger partial charge is 0.349 e. The number of ether oxygens (including phenoxy) is 3. The maximum absolute atomic E-state index is 12.3. The molecule has 0 spiro atoms. The molecule has 9 nitrogen and oxygen atoms in total.